The van der Waals surface area contributed by atoms with Gasteiger partial charge in [0.1, 0.15) is 0 Å². The van der Waals surface area contributed by atoms with E-state index in [2.05, 4.69) is 23.1 Å². The third-order valence-corrected chi connectivity index (χ3v) is 4.98. The zero-order valence-corrected chi connectivity index (χ0v) is 14.2. The summed E-state index contributed by atoms with van der Waals surface area (Å²) in [7, 11) is 0. The van der Waals surface area contributed by atoms with E-state index in [0.717, 1.165) is 18.7 Å². The third-order valence-electron chi connectivity index (χ3n) is 4.98. The topological polar surface area (TPSA) is 40.6 Å². The van der Waals surface area contributed by atoms with Crippen molar-refractivity contribution in [1.82, 2.24) is 4.90 Å². The zero-order valence-electron chi connectivity index (χ0n) is 14.2. The van der Waals surface area contributed by atoms with Crippen LogP contribution < -0.4 is 4.90 Å². The minimum absolute atomic E-state index is 0.0161. The van der Waals surface area contributed by atoms with Gasteiger partial charge in [-0.2, -0.15) is 0 Å². The summed E-state index contributed by atoms with van der Waals surface area (Å²) in [5.41, 5.74) is 3.89. The van der Waals surface area contributed by atoms with Gasteiger partial charge in [0.25, 0.3) is 0 Å². The molecular weight excluding hydrogens is 312 g/mol. The Labute approximate surface area is 147 Å². The van der Waals surface area contributed by atoms with Crippen LogP contribution >= 0.6 is 0 Å². The molecule has 2 aliphatic rings. The molecule has 4 nitrogen and oxygen atoms in total. The molecule has 0 bridgehead atoms. The summed E-state index contributed by atoms with van der Waals surface area (Å²) in [6.45, 7) is 2.95. The number of hydrogen-bond donors (Lipinski definition) is 0. The molecule has 4 heteroatoms. The van der Waals surface area contributed by atoms with Gasteiger partial charge in [-0.25, -0.2) is 0 Å². The highest BCUT2D eigenvalue weighted by Gasteiger charge is 2.42. The van der Waals surface area contributed by atoms with Gasteiger partial charge in [-0.1, -0.05) is 48.5 Å². The number of hydrogen-bond acceptors (Lipinski definition) is 3. The minimum Gasteiger partial charge on any atom is -0.290 e. The van der Waals surface area contributed by atoms with Gasteiger partial charge in [-0.15, -0.1) is 0 Å². The van der Waals surface area contributed by atoms with Crippen LogP contribution in [0.15, 0.2) is 60.7 Å². The van der Waals surface area contributed by atoms with E-state index in [1.54, 1.807) is 4.90 Å². The summed E-state index contributed by atoms with van der Waals surface area (Å²) in [5, 5.41) is 0. The van der Waals surface area contributed by atoms with Gasteiger partial charge in [-0.3, -0.25) is 19.4 Å². The average Bonchev–Trinajstić information content (AvgIpc) is 2.96. The van der Waals surface area contributed by atoms with E-state index in [4.69, 9.17) is 0 Å². The van der Waals surface area contributed by atoms with E-state index >= 15 is 0 Å². The molecule has 0 saturated carbocycles. The van der Waals surface area contributed by atoms with E-state index in [0.29, 0.717) is 12.1 Å². The Kier molecular flexibility index (Phi) is 3.98. The fourth-order valence-corrected chi connectivity index (χ4v) is 3.77. The molecule has 126 valence electrons. The third kappa shape index (κ3) is 2.68. The van der Waals surface area contributed by atoms with E-state index in [1.165, 1.54) is 18.1 Å². The van der Waals surface area contributed by atoms with Crippen LogP contribution in [0.3, 0.4) is 0 Å². The number of benzene rings is 2. The number of amides is 1. The normalized spacial score (nSPS) is 20.4. The lowest BCUT2D eigenvalue weighted by atomic mass is 9.99. The molecule has 0 fully saturated rings. The molecule has 1 atom stereocenters. The molecule has 0 aromatic heterocycles. The Morgan fingerprint density at radius 1 is 1.04 bits per heavy atom. The van der Waals surface area contributed by atoms with Crippen LogP contribution in [0.1, 0.15) is 29.3 Å². The predicted octanol–water partition coefficient (Wildman–Crippen LogP) is 3.35. The number of Topliss-reactive ketones (excluding diaryl/α,β-unsaturated/α-hetero) is 1. The van der Waals surface area contributed by atoms with Crippen LogP contribution in [-0.2, 0) is 4.79 Å². The molecule has 0 N–H and O–H groups in total. The second-order valence-corrected chi connectivity index (χ2v) is 6.48. The van der Waals surface area contributed by atoms with Crippen LogP contribution in [0.5, 0.6) is 0 Å². The first kappa shape index (κ1) is 15.8. The highest BCUT2D eigenvalue weighted by Crippen LogP contribution is 2.35. The first-order chi connectivity index (χ1) is 12.2. The Morgan fingerprint density at radius 2 is 1.76 bits per heavy atom. The molecule has 2 aromatic rings. The van der Waals surface area contributed by atoms with Crippen molar-refractivity contribution in [1.29, 1.82) is 0 Å². The number of fused-ring (bicyclic) bond motifs is 1. The maximum atomic E-state index is 12.9. The van der Waals surface area contributed by atoms with E-state index in [1.807, 2.05) is 42.5 Å². The van der Waals surface area contributed by atoms with Gasteiger partial charge < -0.3 is 0 Å². The second kappa shape index (κ2) is 6.30. The average molecular weight is 332 g/mol. The van der Waals surface area contributed by atoms with Crippen LogP contribution in [0.2, 0.25) is 0 Å². The van der Waals surface area contributed by atoms with Crippen molar-refractivity contribution in [2.24, 2.45) is 0 Å². The maximum Gasteiger partial charge on any atom is 0.225 e. The minimum atomic E-state index is -0.525. The molecule has 4 rings (SSSR count). The van der Waals surface area contributed by atoms with Crippen LogP contribution in [0, 0.1) is 0 Å². The molecule has 1 amide bonds. The highest BCUT2D eigenvalue weighted by molar-refractivity contribution is 6.17. The monoisotopic (exact) mass is 332 g/mol. The zero-order chi connectivity index (χ0) is 17.4. The van der Waals surface area contributed by atoms with Crippen molar-refractivity contribution in [2.45, 2.75) is 19.5 Å². The van der Waals surface area contributed by atoms with Gasteiger partial charge in [0.15, 0.2) is 6.17 Å². The standard InChI is InChI=1S/C21H20N2O2/c1-15(24)23-19-10-6-5-9-18(19)20(25)21(23)22-13-11-17(12-14-22)16-7-3-2-4-8-16/h2-11,21H,12-14H2,1H3. The van der Waals surface area contributed by atoms with Crippen molar-refractivity contribution in [2.75, 3.05) is 18.0 Å². The van der Waals surface area contributed by atoms with Crippen molar-refractivity contribution >= 4 is 23.0 Å². The first-order valence-electron chi connectivity index (χ1n) is 8.58. The fraction of sp³-hybridized carbons (Fsp3) is 0.238. The number of ketones is 1. The Morgan fingerprint density at radius 3 is 2.44 bits per heavy atom. The number of para-hydroxylation sites is 1. The number of carbonyl (C=O) groups is 2. The summed E-state index contributed by atoms with van der Waals surface area (Å²) >= 11 is 0. The van der Waals surface area contributed by atoms with Crippen molar-refractivity contribution in [3.8, 4) is 0 Å². The first-order valence-corrected chi connectivity index (χ1v) is 8.58. The molecular formula is C21H20N2O2. The van der Waals surface area contributed by atoms with Gasteiger partial charge >= 0.3 is 0 Å². The van der Waals surface area contributed by atoms with Gasteiger partial charge in [-0.05, 0) is 29.7 Å². The Hall–Kier alpha value is -2.72. The van der Waals surface area contributed by atoms with Gasteiger partial charge in [0.2, 0.25) is 11.7 Å². The molecule has 2 aliphatic heterocycles. The summed E-state index contributed by atoms with van der Waals surface area (Å²) < 4.78 is 0. The van der Waals surface area contributed by atoms with Crippen LogP contribution in [0.4, 0.5) is 5.69 Å². The Bertz CT molecular complexity index is 857. The lowest BCUT2D eigenvalue weighted by Gasteiger charge is -2.35. The summed E-state index contributed by atoms with van der Waals surface area (Å²) in [5.74, 6) is -0.0801. The quantitative estimate of drug-likeness (QED) is 0.847. The van der Waals surface area contributed by atoms with Crippen molar-refractivity contribution in [3.05, 3.63) is 71.8 Å². The highest BCUT2D eigenvalue weighted by atomic mass is 16.2. The molecule has 0 spiro atoms. The van der Waals surface area contributed by atoms with Crippen molar-refractivity contribution in [3.63, 3.8) is 0 Å². The molecule has 1 unspecified atom stereocenters. The van der Waals surface area contributed by atoms with E-state index in [-0.39, 0.29) is 11.7 Å². The summed E-state index contributed by atoms with van der Waals surface area (Å²) in [6.07, 6.45) is 2.52. The number of nitrogens with zero attached hydrogens (tertiary/aromatic N) is 2. The fourth-order valence-electron chi connectivity index (χ4n) is 3.77. The van der Waals surface area contributed by atoms with E-state index < -0.39 is 6.17 Å². The largest absolute Gasteiger partial charge is 0.290 e. The van der Waals surface area contributed by atoms with Crippen LogP contribution in [0.25, 0.3) is 5.57 Å². The predicted molar refractivity (Wildman–Crippen MR) is 98.3 cm³/mol. The summed E-state index contributed by atoms with van der Waals surface area (Å²) in [6, 6.07) is 17.7. The second-order valence-electron chi connectivity index (χ2n) is 6.48. The SMILES string of the molecule is CC(=O)N1c2ccccc2C(=O)C1N1CC=C(c2ccccc2)CC1. The van der Waals surface area contributed by atoms with Crippen LogP contribution in [-0.4, -0.2) is 35.8 Å². The Balaban J connectivity index is 1.62. The number of anilines is 1. The van der Waals surface area contributed by atoms with Crippen molar-refractivity contribution < 1.29 is 9.59 Å². The molecule has 2 heterocycles. The lowest BCUT2D eigenvalue weighted by Crippen LogP contribution is -2.52. The number of carbonyl (C=O) groups excluding carboxylic acids is 2. The van der Waals surface area contributed by atoms with E-state index in [9.17, 15) is 9.59 Å². The number of rotatable bonds is 2. The molecule has 0 saturated heterocycles. The summed E-state index contributed by atoms with van der Waals surface area (Å²) in [4.78, 5) is 28.9. The molecule has 0 aliphatic carbocycles. The molecule has 25 heavy (non-hydrogen) atoms. The van der Waals surface area contributed by atoms with Gasteiger partial charge in [0, 0.05) is 25.6 Å². The maximum absolute atomic E-state index is 12.9. The lowest BCUT2D eigenvalue weighted by molar-refractivity contribution is -0.117. The van der Waals surface area contributed by atoms with Gasteiger partial charge in [0.05, 0.1) is 5.69 Å². The molecule has 0 radical (unpaired) electrons. The smallest absolute Gasteiger partial charge is 0.225 e. The molecule has 2 aromatic carbocycles.